The van der Waals surface area contributed by atoms with Gasteiger partial charge in [0.05, 0.1) is 6.54 Å². The van der Waals surface area contributed by atoms with Gasteiger partial charge in [0.15, 0.2) is 5.96 Å². The Balaban J connectivity index is 0.00000529. The number of amides is 1. The van der Waals surface area contributed by atoms with E-state index in [1.807, 2.05) is 36.9 Å². The summed E-state index contributed by atoms with van der Waals surface area (Å²) in [7, 11) is 1.63. The Labute approximate surface area is 166 Å². The maximum atomic E-state index is 11.7. The number of guanidine groups is 1. The van der Waals surface area contributed by atoms with Gasteiger partial charge in [0, 0.05) is 30.4 Å². The van der Waals surface area contributed by atoms with Gasteiger partial charge in [0.1, 0.15) is 0 Å². The highest BCUT2D eigenvalue weighted by Gasteiger charge is 2.16. The fourth-order valence-corrected chi connectivity index (χ4v) is 2.05. The summed E-state index contributed by atoms with van der Waals surface area (Å²) in [5.41, 5.74) is 1.66. The first kappa shape index (κ1) is 23.0. The summed E-state index contributed by atoms with van der Waals surface area (Å²) in [5.74, 6) is 0.711. The van der Waals surface area contributed by atoms with Crippen molar-refractivity contribution < 1.29 is 4.79 Å². The van der Waals surface area contributed by atoms with Crippen molar-refractivity contribution in [1.29, 1.82) is 0 Å². The first-order valence-electron chi connectivity index (χ1n) is 7.80. The minimum atomic E-state index is -0.0809. The van der Waals surface area contributed by atoms with Crippen LogP contribution in [-0.2, 0) is 6.54 Å². The lowest BCUT2D eigenvalue weighted by atomic mass is 10.1. The van der Waals surface area contributed by atoms with Gasteiger partial charge in [0.2, 0.25) is 0 Å². The molecule has 24 heavy (non-hydrogen) atoms. The van der Waals surface area contributed by atoms with Crippen LogP contribution in [0.1, 0.15) is 36.7 Å². The lowest BCUT2D eigenvalue weighted by Crippen LogP contribution is -2.43. The number of rotatable bonds is 7. The molecule has 0 aliphatic rings. The van der Waals surface area contributed by atoms with Crippen molar-refractivity contribution >= 4 is 47.6 Å². The Hall–Kier alpha value is -0.960. The molecule has 0 atom stereocenters. The first-order valence-corrected chi connectivity index (χ1v) is 9.02. The van der Waals surface area contributed by atoms with E-state index in [2.05, 4.69) is 41.0 Å². The number of carbonyl (C=O) groups excluding carboxylic acids is 1. The highest BCUT2D eigenvalue weighted by atomic mass is 127. The normalized spacial score (nSPS) is 11.5. The predicted molar refractivity (Wildman–Crippen MR) is 116 cm³/mol. The van der Waals surface area contributed by atoms with Crippen molar-refractivity contribution in [3.05, 3.63) is 35.4 Å². The van der Waals surface area contributed by atoms with Crippen molar-refractivity contribution in [1.82, 2.24) is 16.0 Å². The number of halogens is 1. The molecule has 5 nitrogen and oxygen atoms in total. The number of aliphatic imine (C=N–C) groups is 1. The van der Waals surface area contributed by atoms with Gasteiger partial charge in [-0.25, -0.2) is 4.99 Å². The van der Waals surface area contributed by atoms with Crippen LogP contribution in [0.2, 0.25) is 0 Å². The Bertz CT molecular complexity index is 549. The smallest absolute Gasteiger partial charge is 0.251 e. The SMILES string of the molecule is CCNC(=NCc1cccc(C(=O)NC)c1)NCC(C)(C)SC.I. The molecule has 0 spiro atoms. The highest BCUT2D eigenvalue weighted by Crippen LogP contribution is 2.19. The summed E-state index contributed by atoms with van der Waals surface area (Å²) in [6.45, 7) is 8.60. The molecule has 1 rings (SSSR count). The van der Waals surface area contributed by atoms with E-state index in [9.17, 15) is 4.79 Å². The minimum absolute atomic E-state index is 0. The molecule has 3 N–H and O–H groups in total. The average molecular weight is 464 g/mol. The fraction of sp³-hybridized carbons (Fsp3) is 0.529. The molecule has 0 fully saturated rings. The lowest BCUT2D eigenvalue weighted by Gasteiger charge is -2.23. The maximum Gasteiger partial charge on any atom is 0.251 e. The molecule has 1 amide bonds. The second-order valence-corrected chi connectivity index (χ2v) is 7.31. The molecule has 0 aliphatic carbocycles. The molecular formula is C17H29IN4OS. The third kappa shape index (κ3) is 8.23. The zero-order valence-corrected chi connectivity index (χ0v) is 18.2. The summed E-state index contributed by atoms with van der Waals surface area (Å²) in [4.78, 5) is 16.3. The molecule has 0 radical (unpaired) electrons. The number of hydrogen-bond donors (Lipinski definition) is 3. The summed E-state index contributed by atoms with van der Waals surface area (Å²) in [6, 6.07) is 7.53. The van der Waals surface area contributed by atoms with E-state index in [4.69, 9.17) is 0 Å². The number of thioether (sulfide) groups is 1. The van der Waals surface area contributed by atoms with Gasteiger partial charge < -0.3 is 16.0 Å². The second kappa shape index (κ2) is 11.6. The third-order valence-corrected chi connectivity index (χ3v) is 4.66. The summed E-state index contributed by atoms with van der Waals surface area (Å²) in [6.07, 6.45) is 2.11. The largest absolute Gasteiger partial charge is 0.357 e. The van der Waals surface area contributed by atoms with Gasteiger partial charge in [0.25, 0.3) is 5.91 Å². The van der Waals surface area contributed by atoms with E-state index >= 15 is 0 Å². The number of hydrogen-bond acceptors (Lipinski definition) is 3. The zero-order valence-electron chi connectivity index (χ0n) is 15.1. The van der Waals surface area contributed by atoms with Crippen LogP contribution in [0.3, 0.4) is 0 Å². The van der Waals surface area contributed by atoms with Gasteiger partial charge in [-0.3, -0.25) is 4.79 Å². The van der Waals surface area contributed by atoms with Gasteiger partial charge in [-0.05, 0) is 44.7 Å². The molecule has 0 saturated heterocycles. The zero-order chi connectivity index (χ0) is 17.3. The van der Waals surface area contributed by atoms with E-state index in [1.165, 1.54) is 0 Å². The lowest BCUT2D eigenvalue weighted by molar-refractivity contribution is 0.0963. The fourth-order valence-electron chi connectivity index (χ4n) is 1.84. The van der Waals surface area contributed by atoms with Crippen LogP contribution in [0.5, 0.6) is 0 Å². The highest BCUT2D eigenvalue weighted by molar-refractivity contribution is 14.0. The van der Waals surface area contributed by atoms with Crippen LogP contribution >= 0.6 is 35.7 Å². The molecule has 0 bridgehead atoms. The molecule has 7 heteroatoms. The molecule has 1 aromatic carbocycles. The number of nitrogens with zero attached hydrogens (tertiary/aromatic N) is 1. The first-order chi connectivity index (χ1) is 10.9. The molecule has 1 aromatic rings. The molecular weight excluding hydrogens is 435 g/mol. The number of carbonyl (C=O) groups is 1. The molecule has 0 heterocycles. The molecule has 0 unspecified atom stereocenters. The van der Waals surface area contributed by atoms with E-state index < -0.39 is 0 Å². The van der Waals surface area contributed by atoms with Gasteiger partial charge in [-0.1, -0.05) is 12.1 Å². The van der Waals surface area contributed by atoms with E-state index in [0.29, 0.717) is 12.1 Å². The average Bonchev–Trinajstić information content (AvgIpc) is 2.57. The molecule has 136 valence electrons. The van der Waals surface area contributed by atoms with E-state index in [-0.39, 0.29) is 34.6 Å². The number of nitrogens with one attached hydrogen (secondary N) is 3. The molecule has 0 aromatic heterocycles. The van der Waals surface area contributed by atoms with Crippen molar-refractivity contribution in [3.8, 4) is 0 Å². The maximum absolute atomic E-state index is 11.7. The van der Waals surface area contributed by atoms with Crippen LogP contribution in [0.15, 0.2) is 29.3 Å². The monoisotopic (exact) mass is 464 g/mol. The van der Waals surface area contributed by atoms with E-state index in [1.54, 1.807) is 13.1 Å². The van der Waals surface area contributed by atoms with Crippen LogP contribution in [0, 0.1) is 0 Å². The van der Waals surface area contributed by atoms with Gasteiger partial charge >= 0.3 is 0 Å². The minimum Gasteiger partial charge on any atom is -0.357 e. The van der Waals surface area contributed by atoms with Crippen molar-refractivity contribution in [2.24, 2.45) is 4.99 Å². The Morgan fingerprint density at radius 3 is 2.58 bits per heavy atom. The predicted octanol–water partition coefficient (Wildman–Crippen LogP) is 2.86. The van der Waals surface area contributed by atoms with Crippen LogP contribution in [-0.4, -0.2) is 43.0 Å². The molecule has 0 aliphatic heterocycles. The van der Waals surface area contributed by atoms with Crippen LogP contribution < -0.4 is 16.0 Å². The van der Waals surface area contributed by atoms with Crippen LogP contribution in [0.25, 0.3) is 0 Å². The summed E-state index contributed by atoms with van der Waals surface area (Å²) < 4.78 is 0.148. The Morgan fingerprint density at radius 2 is 2.00 bits per heavy atom. The van der Waals surface area contributed by atoms with E-state index in [0.717, 1.165) is 24.6 Å². The summed E-state index contributed by atoms with van der Waals surface area (Å²) >= 11 is 1.82. The van der Waals surface area contributed by atoms with Gasteiger partial charge in [-0.15, -0.1) is 24.0 Å². The molecule has 0 saturated carbocycles. The Morgan fingerprint density at radius 1 is 1.29 bits per heavy atom. The number of benzene rings is 1. The third-order valence-electron chi connectivity index (χ3n) is 3.41. The van der Waals surface area contributed by atoms with Crippen molar-refractivity contribution in [2.75, 3.05) is 26.4 Å². The standard InChI is InChI=1S/C17H28N4OS.HI/c1-6-19-16(21-12-17(2,3)23-5)20-11-13-8-7-9-14(10-13)15(22)18-4;/h7-10H,6,11-12H2,1-5H3,(H,18,22)(H2,19,20,21);1H. The topological polar surface area (TPSA) is 65.5 Å². The van der Waals surface area contributed by atoms with Crippen molar-refractivity contribution in [3.63, 3.8) is 0 Å². The van der Waals surface area contributed by atoms with Gasteiger partial charge in [-0.2, -0.15) is 11.8 Å². The Kier molecular flexibility index (Phi) is 11.1. The summed E-state index contributed by atoms with van der Waals surface area (Å²) in [5, 5.41) is 9.25. The van der Waals surface area contributed by atoms with Crippen molar-refractivity contribution in [2.45, 2.75) is 32.1 Å². The second-order valence-electron chi connectivity index (χ2n) is 5.79. The van der Waals surface area contributed by atoms with Crippen LogP contribution in [0.4, 0.5) is 0 Å². The quantitative estimate of drug-likeness (QED) is 0.330.